The predicted octanol–water partition coefficient (Wildman–Crippen LogP) is -0.663. The Kier molecular flexibility index (Phi) is 4.01. The number of nitrogens with two attached hydrogens (primary N) is 1. The summed E-state index contributed by atoms with van der Waals surface area (Å²) in [6.45, 7) is 2.48. The van der Waals surface area contributed by atoms with Gasteiger partial charge in [-0.15, -0.1) is 0 Å². The Bertz CT molecular complexity index is 452. The Balaban J connectivity index is 2.06. The summed E-state index contributed by atoms with van der Waals surface area (Å²) in [5, 5.41) is 9.59. The summed E-state index contributed by atoms with van der Waals surface area (Å²) in [4.78, 5) is 11.4. The van der Waals surface area contributed by atoms with E-state index < -0.39 is 19.1 Å². The third-order valence-electron chi connectivity index (χ3n) is 2.92. The van der Waals surface area contributed by atoms with Crippen LogP contribution in [0.4, 0.5) is 0 Å². The fourth-order valence-electron chi connectivity index (χ4n) is 1.98. The van der Waals surface area contributed by atoms with E-state index in [2.05, 4.69) is 0 Å². The van der Waals surface area contributed by atoms with E-state index in [9.17, 15) is 9.82 Å². The lowest BCUT2D eigenvalue weighted by molar-refractivity contribution is -0.144. The third kappa shape index (κ3) is 2.72. The molecule has 0 amide bonds. The molecule has 5 nitrogen and oxygen atoms in total. The lowest BCUT2D eigenvalue weighted by Gasteiger charge is -2.11. The number of carbonyl (C=O) groups is 1. The molecule has 96 valence electrons. The number of esters is 1. The van der Waals surface area contributed by atoms with Gasteiger partial charge in [0.1, 0.15) is 6.04 Å². The van der Waals surface area contributed by atoms with Gasteiger partial charge in [0.15, 0.2) is 0 Å². The highest BCUT2D eigenvalue weighted by Gasteiger charge is 2.27. The monoisotopic (exact) mass is 249 g/mol. The van der Waals surface area contributed by atoms with E-state index in [1.165, 1.54) is 0 Å². The van der Waals surface area contributed by atoms with Crippen LogP contribution in [0.25, 0.3) is 0 Å². The largest absolute Gasteiger partial charge is 0.491 e. The molecule has 2 rings (SSSR count). The van der Waals surface area contributed by atoms with Gasteiger partial charge in [-0.1, -0.05) is 18.2 Å². The molecule has 1 aromatic rings. The van der Waals surface area contributed by atoms with Gasteiger partial charge in [0.25, 0.3) is 0 Å². The zero-order valence-electron chi connectivity index (χ0n) is 10.3. The summed E-state index contributed by atoms with van der Waals surface area (Å²) in [5.74, 6) is -0.408. The molecule has 0 saturated carbocycles. The normalized spacial score (nSPS) is 15.4. The van der Waals surface area contributed by atoms with E-state index in [1.54, 1.807) is 6.92 Å². The first kappa shape index (κ1) is 13.1. The summed E-state index contributed by atoms with van der Waals surface area (Å²) in [6, 6.07) is 4.92. The number of fused-ring (bicyclic) bond motifs is 1. The minimum atomic E-state index is -0.876. The zero-order chi connectivity index (χ0) is 13.1. The van der Waals surface area contributed by atoms with Gasteiger partial charge < -0.3 is 20.1 Å². The molecule has 1 aromatic carbocycles. The Morgan fingerprint density at radius 2 is 2.44 bits per heavy atom. The van der Waals surface area contributed by atoms with Crippen LogP contribution >= 0.6 is 0 Å². The summed E-state index contributed by atoms with van der Waals surface area (Å²) in [5.41, 5.74) is 8.36. The molecule has 3 N–H and O–H groups in total. The van der Waals surface area contributed by atoms with Crippen molar-refractivity contribution in [3.8, 4) is 0 Å². The van der Waals surface area contributed by atoms with Crippen molar-refractivity contribution in [2.24, 2.45) is 5.73 Å². The van der Waals surface area contributed by atoms with Crippen molar-refractivity contribution in [3.05, 3.63) is 29.3 Å². The topological polar surface area (TPSA) is 81.8 Å². The maximum Gasteiger partial charge on any atom is 0.491 e. The zero-order valence-corrected chi connectivity index (χ0v) is 10.3. The van der Waals surface area contributed by atoms with Crippen LogP contribution in [-0.2, 0) is 27.2 Å². The van der Waals surface area contributed by atoms with Crippen LogP contribution < -0.4 is 11.2 Å². The van der Waals surface area contributed by atoms with Crippen LogP contribution in [0.1, 0.15) is 18.1 Å². The van der Waals surface area contributed by atoms with Gasteiger partial charge in [0.2, 0.25) is 0 Å². The Labute approximate surface area is 106 Å². The van der Waals surface area contributed by atoms with E-state index in [0.717, 1.165) is 16.6 Å². The van der Waals surface area contributed by atoms with E-state index >= 15 is 0 Å². The van der Waals surface area contributed by atoms with Gasteiger partial charge >= 0.3 is 13.1 Å². The third-order valence-corrected chi connectivity index (χ3v) is 2.92. The molecule has 18 heavy (non-hydrogen) atoms. The Morgan fingerprint density at radius 3 is 3.17 bits per heavy atom. The van der Waals surface area contributed by atoms with E-state index in [-0.39, 0.29) is 0 Å². The summed E-state index contributed by atoms with van der Waals surface area (Å²) in [7, 11) is -0.876. The highest BCUT2D eigenvalue weighted by Crippen LogP contribution is 2.12. The highest BCUT2D eigenvalue weighted by molar-refractivity contribution is 6.61. The number of carbonyl (C=O) groups excluding carboxylic acids is 1. The Morgan fingerprint density at radius 1 is 1.67 bits per heavy atom. The van der Waals surface area contributed by atoms with Gasteiger partial charge in [-0.2, -0.15) is 0 Å². The summed E-state index contributed by atoms with van der Waals surface area (Å²) < 4.78 is 9.95. The minimum absolute atomic E-state index is 0.323. The average Bonchev–Trinajstić information content (AvgIpc) is 2.71. The van der Waals surface area contributed by atoms with Crippen LogP contribution in [0.5, 0.6) is 0 Å². The number of benzene rings is 1. The number of rotatable bonds is 4. The van der Waals surface area contributed by atoms with Gasteiger partial charge in [0, 0.05) is 0 Å². The summed E-state index contributed by atoms with van der Waals surface area (Å²) >= 11 is 0. The van der Waals surface area contributed by atoms with Crippen molar-refractivity contribution >= 4 is 18.6 Å². The molecule has 1 aliphatic heterocycles. The van der Waals surface area contributed by atoms with Crippen LogP contribution in [0, 0.1) is 0 Å². The fourth-order valence-corrected chi connectivity index (χ4v) is 1.98. The van der Waals surface area contributed by atoms with Crippen molar-refractivity contribution in [2.75, 3.05) is 6.61 Å². The van der Waals surface area contributed by atoms with Crippen molar-refractivity contribution < 1.29 is 19.2 Å². The van der Waals surface area contributed by atoms with Crippen LogP contribution in [0.15, 0.2) is 18.2 Å². The molecule has 0 aliphatic carbocycles. The first-order valence-electron chi connectivity index (χ1n) is 5.95. The number of hydrogen-bond donors (Lipinski definition) is 2. The molecule has 0 aromatic heterocycles. The second-order valence-electron chi connectivity index (χ2n) is 4.26. The fraction of sp³-hybridized carbons (Fsp3) is 0.417. The molecule has 0 fully saturated rings. The van der Waals surface area contributed by atoms with Crippen molar-refractivity contribution in [3.63, 3.8) is 0 Å². The van der Waals surface area contributed by atoms with Crippen LogP contribution in [-0.4, -0.2) is 30.8 Å². The predicted molar refractivity (Wildman–Crippen MR) is 67.2 cm³/mol. The van der Waals surface area contributed by atoms with Gasteiger partial charge in [-0.25, -0.2) is 0 Å². The van der Waals surface area contributed by atoms with Crippen LogP contribution in [0.3, 0.4) is 0 Å². The van der Waals surface area contributed by atoms with Gasteiger partial charge in [-0.05, 0) is 29.9 Å². The van der Waals surface area contributed by atoms with E-state index in [0.29, 0.717) is 19.6 Å². The molecule has 0 radical (unpaired) electrons. The number of hydrogen-bond acceptors (Lipinski definition) is 5. The first-order chi connectivity index (χ1) is 8.61. The molecule has 0 saturated heterocycles. The van der Waals surface area contributed by atoms with Crippen molar-refractivity contribution in [1.29, 1.82) is 0 Å². The molecular weight excluding hydrogens is 233 g/mol. The average molecular weight is 249 g/mol. The molecule has 6 heteroatoms. The number of ether oxygens (including phenoxy) is 1. The summed E-state index contributed by atoms with van der Waals surface area (Å²) in [6.07, 6.45) is 0.388. The molecular formula is C12H16BNO4. The smallest absolute Gasteiger partial charge is 0.465 e. The standard InChI is InChI=1S/C12H16BNO4/c1-2-17-12(15)11(14)6-8-3-4-9-7-18-13(16)10(9)5-8/h3-5,11,16H,2,6-7,14H2,1H3/t11-/m0/s1. The van der Waals surface area contributed by atoms with Crippen molar-refractivity contribution in [2.45, 2.75) is 26.0 Å². The highest BCUT2D eigenvalue weighted by atomic mass is 16.5. The lowest BCUT2D eigenvalue weighted by atomic mass is 9.78. The molecule has 1 aliphatic rings. The maximum atomic E-state index is 11.4. The van der Waals surface area contributed by atoms with E-state index in [1.807, 2.05) is 18.2 Å². The van der Waals surface area contributed by atoms with Crippen molar-refractivity contribution in [1.82, 2.24) is 0 Å². The van der Waals surface area contributed by atoms with Gasteiger partial charge in [-0.3, -0.25) is 4.79 Å². The van der Waals surface area contributed by atoms with Gasteiger partial charge in [0.05, 0.1) is 13.2 Å². The SMILES string of the molecule is CCOC(=O)[C@@H](N)Cc1ccc2c(c1)B(O)OC2. The molecule has 0 unspecified atom stereocenters. The Hall–Kier alpha value is -1.37. The van der Waals surface area contributed by atoms with E-state index in [4.69, 9.17) is 15.1 Å². The second kappa shape index (κ2) is 5.52. The lowest BCUT2D eigenvalue weighted by Crippen LogP contribution is -2.35. The minimum Gasteiger partial charge on any atom is -0.465 e. The maximum absolute atomic E-state index is 11.4. The molecule has 0 bridgehead atoms. The first-order valence-corrected chi connectivity index (χ1v) is 5.95. The quantitative estimate of drug-likeness (QED) is 0.546. The second-order valence-corrected chi connectivity index (χ2v) is 4.26. The molecule has 0 spiro atoms. The molecule has 1 heterocycles. The molecule has 1 atom stereocenters. The van der Waals surface area contributed by atoms with Crippen LogP contribution in [0.2, 0.25) is 0 Å².